The lowest BCUT2D eigenvalue weighted by Crippen LogP contribution is -2.14. The molecule has 0 aliphatic carbocycles. The number of benzene rings is 1. The zero-order valence-corrected chi connectivity index (χ0v) is 11.9. The van der Waals surface area contributed by atoms with Crippen LogP contribution in [0.2, 0.25) is 0 Å². The molecule has 0 radical (unpaired) electrons. The van der Waals surface area contributed by atoms with Crippen LogP contribution < -0.4 is 5.32 Å². The molecule has 0 fully saturated rings. The molecule has 0 spiro atoms. The molecule has 116 valence electrons. The van der Waals surface area contributed by atoms with Gasteiger partial charge < -0.3 is 5.32 Å². The molecule has 4 nitrogen and oxygen atoms in total. The van der Waals surface area contributed by atoms with Crippen molar-refractivity contribution in [2.24, 2.45) is 0 Å². The molecule has 1 aromatic carbocycles. The molecule has 0 amide bonds. The van der Waals surface area contributed by atoms with Gasteiger partial charge in [-0.2, -0.15) is 13.2 Å². The number of halogens is 3. The SMILES string of the molecule is O=S1(=O)C[C@@H](Nc2ccc(C(F)(F)F)cn2)c2ccccc21. The van der Waals surface area contributed by atoms with Gasteiger partial charge in [-0.1, -0.05) is 18.2 Å². The van der Waals surface area contributed by atoms with E-state index in [1.807, 2.05) is 0 Å². The number of hydrogen-bond acceptors (Lipinski definition) is 4. The fourth-order valence-corrected chi connectivity index (χ4v) is 4.13. The number of nitrogens with zero attached hydrogens (tertiary/aromatic N) is 1. The number of fused-ring (bicyclic) bond motifs is 1. The van der Waals surface area contributed by atoms with Gasteiger partial charge in [0.1, 0.15) is 5.82 Å². The molecule has 1 aromatic heterocycles. The average molecular weight is 328 g/mol. The highest BCUT2D eigenvalue weighted by Crippen LogP contribution is 2.35. The van der Waals surface area contributed by atoms with E-state index in [-0.39, 0.29) is 16.5 Å². The predicted molar refractivity (Wildman–Crippen MR) is 74.1 cm³/mol. The number of pyridine rings is 1. The summed E-state index contributed by atoms with van der Waals surface area (Å²) in [6.07, 6.45) is -3.73. The van der Waals surface area contributed by atoms with Crippen molar-refractivity contribution in [3.8, 4) is 0 Å². The normalized spacial score (nSPS) is 19.7. The van der Waals surface area contributed by atoms with Gasteiger partial charge in [-0.3, -0.25) is 0 Å². The van der Waals surface area contributed by atoms with E-state index in [1.165, 1.54) is 12.1 Å². The van der Waals surface area contributed by atoms with Gasteiger partial charge in [0.05, 0.1) is 22.3 Å². The van der Waals surface area contributed by atoms with E-state index in [1.54, 1.807) is 18.2 Å². The highest BCUT2D eigenvalue weighted by molar-refractivity contribution is 7.91. The smallest absolute Gasteiger partial charge is 0.362 e. The van der Waals surface area contributed by atoms with E-state index in [0.717, 1.165) is 12.3 Å². The topological polar surface area (TPSA) is 59.1 Å². The van der Waals surface area contributed by atoms with E-state index in [2.05, 4.69) is 10.3 Å². The van der Waals surface area contributed by atoms with Crippen LogP contribution >= 0.6 is 0 Å². The molecule has 1 N–H and O–H groups in total. The molecule has 3 rings (SSSR count). The van der Waals surface area contributed by atoms with Crippen molar-refractivity contribution in [3.63, 3.8) is 0 Å². The van der Waals surface area contributed by atoms with Crippen molar-refractivity contribution in [1.82, 2.24) is 4.98 Å². The summed E-state index contributed by atoms with van der Waals surface area (Å²) in [6, 6.07) is 8.13. The van der Waals surface area contributed by atoms with E-state index in [0.29, 0.717) is 5.56 Å². The summed E-state index contributed by atoms with van der Waals surface area (Å²) >= 11 is 0. The first-order valence-electron chi connectivity index (χ1n) is 6.39. The van der Waals surface area contributed by atoms with Crippen LogP contribution in [-0.2, 0) is 16.0 Å². The van der Waals surface area contributed by atoms with Gasteiger partial charge in [-0.05, 0) is 23.8 Å². The summed E-state index contributed by atoms with van der Waals surface area (Å²) in [5.41, 5.74) is -0.248. The molecular formula is C14H11F3N2O2S. The van der Waals surface area contributed by atoms with E-state index in [9.17, 15) is 21.6 Å². The highest BCUT2D eigenvalue weighted by atomic mass is 32.2. The van der Waals surface area contributed by atoms with E-state index < -0.39 is 27.6 Å². The molecule has 8 heteroatoms. The van der Waals surface area contributed by atoms with Gasteiger partial charge in [0.25, 0.3) is 0 Å². The third kappa shape index (κ3) is 2.66. The van der Waals surface area contributed by atoms with Gasteiger partial charge in [0.15, 0.2) is 9.84 Å². The minimum Gasteiger partial charge on any atom is -0.362 e. The predicted octanol–water partition coefficient (Wildman–Crippen LogP) is 3.04. The van der Waals surface area contributed by atoms with Crippen molar-refractivity contribution in [3.05, 3.63) is 53.7 Å². The number of rotatable bonds is 2. The van der Waals surface area contributed by atoms with Crippen LogP contribution in [0, 0.1) is 0 Å². The molecule has 0 saturated heterocycles. The van der Waals surface area contributed by atoms with Crippen LogP contribution in [0.1, 0.15) is 17.2 Å². The Balaban J connectivity index is 1.86. The highest BCUT2D eigenvalue weighted by Gasteiger charge is 2.35. The molecule has 22 heavy (non-hydrogen) atoms. The van der Waals surface area contributed by atoms with Crippen LogP contribution in [0.15, 0.2) is 47.5 Å². The molecular weight excluding hydrogens is 317 g/mol. The molecule has 1 aliphatic heterocycles. The quantitative estimate of drug-likeness (QED) is 0.920. The number of anilines is 1. The fraction of sp³-hybridized carbons (Fsp3) is 0.214. The van der Waals surface area contributed by atoms with Gasteiger partial charge in [-0.25, -0.2) is 13.4 Å². The summed E-state index contributed by atoms with van der Waals surface area (Å²) < 4.78 is 61.5. The number of aromatic nitrogens is 1. The Hall–Kier alpha value is -2.09. The first-order chi connectivity index (χ1) is 10.3. The first-order valence-corrected chi connectivity index (χ1v) is 8.04. The van der Waals surface area contributed by atoms with Crippen molar-refractivity contribution < 1.29 is 21.6 Å². The summed E-state index contributed by atoms with van der Waals surface area (Å²) in [7, 11) is -3.38. The Morgan fingerprint density at radius 1 is 1.14 bits per heavy atom. The zero-order valence-electron chi connectivity index (χ0n) is 11.1. The first kappa shape index (κ1) is 14.8. The largest absolute Gasteiger partial charge is 0.417 e. The van der Waals surface area contributed by atoms with Crippen molar-refractivity contribution in [2.45, 2.75) is 17.1 Å². The second-order valence-electron chi connectivity index (χ2n) is 4.95. The Labute approximate surface area is 124 Å². The van der Waals surface area contributed by atoms with Gasteiger partial charge in [-0.15, -0.1) is 0 Å². The number of hydrogen-bond donors (Lipinski definition) is 1. The van der Waals surface area contributed by atoms with Crippen LogP contribution in [0.4, 0.5) is 19.0 Å². The molecule has 0 unspecified atom stereocenters. The summed E-state index contributed by atoms with van der Waals surface area (Å²) in [5.74, 6) is 0.0552. The molecule has 1 aliphatic rings. The summed E-state index contributed by atoms with van der Waals surface area (Å²) in [6.45, 7) is 0. The maximum atomic E-state index is 12.5. The fourth-order valence-electron chi connectivity index (χ4n) is 2.40. The molecule has 1 atom stereocenters. The Morgan fingerprint density at radius 3 is 2.50 bits per heavy atom. The maximum absolute atomic E-state index is 12.5. The van der Waals surface area contributed by atoms with Crippen molar-refractivity contribution in [1.29, 1.82) is 0 Å². The van der Waals surface area contributed by atoms with Gasteiger partial charge in [0.2, 0.25) is 0 Å². The Morgan fingerprint density at radius 2 is 1.86 bits per heavy atom. The molecule has 2 heterocycles. The monoisotopic (exact) mass is 328 g/mol. The van der Waals surface area contributed by atoms with Crippen LogP contribution in [0.5, 0.6) is 0 Å². The lowest BCUT2D eigenvalue weighted by molar-refractivity contribution is -0.137. The van der Waals surface area contributed by atoms with Crippen molar-refractivity contribution in [2.75, 3.05) is 11.1 Å². The third-order valence-electron chi connectivity index (χ3n) is 3.43. The maximum Gasteiger partial charge on any atom is 0.417 e. The van der Waals surface area contributed by atoms with Gasteiger partial charge >= 0.3 is 6.18 Å². The minimum absolute atomic E-state index is 0.144. The van der Waals surface area contributed by atoms with Crippen molar-refractivity contribution >= 4 is 15.7 Å². The second kappa shape index (κ2) is 4.98. The second-order valence-corrected chi connectivity index (χ2v) is 6.95. The number of alkyl halides is 3. The Bertz CT molecular complexity index is 802. The van der Waals surface area contributed by atoms with Crippen LogP contribution in [0.3, 0.4) is 0 Å². The van der Waals surface area contributed by atoms with E-state index in [4.69, 9.17) is 0 Å². The van der Waals surface area contributed by atoms with Gasteiger partial charge in [0, 0.05) is 6.20 Å². The summed E-state index contributed by atoms with van der Waals surface area (Å²) in [4.78, 5) is 3.95. The Kier molecular flexibility index (Phi) is 3.36. The number of nitrogens with one attached hydrogen (secondary N) is 1. The van der Waals surface area contributed by atoms with Crippen LogP contribution in [0.25, 0.3) is 0 Å². The number of sulfone groups is 1. The third-order valence-corrected chi connectivity index (χ3v) is 5.24. The molecule has 0 bridgehead atoms. The minimum atomic E-state index is -4.45. The summed E-state index contributed by atoms with van der Waals surface area (Å²) in [5, 5.41) is 2.87. The lowest BCUT2D eigenvalue weighted by Gasteiger charge is -2.14. The molecule has 0 saturated carbocycles. The average Bonchev–Trinajstić information content (AvgIpc) is 2.70. The van der Waals surface area contributed by atoms with E-state index >= 15 is 0 Å². The van der Waals surface area contributed by atoms with Crippen LogP contribution in [-0.4, -0.2) is 19.2 Å². The zero-order chi connectivity index (χ0) is 16.0. The standard InChI is InChI=1S/C14H11F3N2O2S/c15-14(16,17)9-5-6-13(18-7-9)19-11-8-22(20,21)12-4-2-1-3-10(11)12/h1-7,11H,8H2,(H,18,19)/t11-/m1/s1. The molecule has 2 aromatic rings. The lowest BCUT2D eigenvalue weighted by atomic mass is 10.1.